The number of halogens is 1. The van der Waals surface area contributed by atoms with Crippen molar-refractivity contribution in [3.05, 3.63) is 48.0 Å². The molecule has 0 bridgehead atoms. The SMILES string of the molecule is CN=C(NCC(c1cccc(OC)c1)N1CCCC1)Nc1ccc(OC)c(OC)c1.I. The summed E-state index contributed by atoms with van der Waals surface area (Å²) in [6, 6.07) is 14.3. The maximum absolute atomic E-state index is 5.44. The van der Waals surface area contributed by atoms with Crippen LogP contribution in [0.2, 0.25) is 0 Å². The largest absolute Gasteiger partial charge is 0.497 e. The number of hydrogen-bond donors (Lipinski definition) is 2. The third kappa shape index (κ3) is 6.64. The van der Waals surface area contributed by atoms with E-state index in [4.69, 9.17) is 14.2 Å². The number of guanidine groups is 1. The second-order valence-corrected chi connectivity index (χ2v) is 7.18. The highest BCUT2D eigenvalue weighted by Crippen LogP contribution is 2.30. The van der Waals surface area contributed by atoms with Crippen LogP contribution in [0.15, 0.2) is 47.5 Å². The van der Waals surface area contributed by atoms with Gasteiger partial charge in [-0.15, -0.1) is 24.0 Å². The second kappa shape index (κ2) is 12.6. The molecule has 0 aromatic heterocycles. The molecule has 0 amide bonds. The van der Waals surface area contributed by atoms with Crippen LogP contribution in [-0.4, -0.2) is 58.9 Å². The molecule has 0 saturated carbocycles. The summed E-state index contributed by atoms with van der Waals surface area (Å²) in [6.45, 7) is 2.94. The fourth-order valence-corrected chi connectivity index (χ4v) is 3.78. The van der Waals surface area contributed by atoms with Gasteiger partial charge in [0, 0.05) is 25.3 Å². The number of anilines is 1. The minimum absolute atomic E-state index is 0. The summed E-state index contributed by atoms with van der Waals surface area (Å²) in [5.41, 5.74) is 2.12. The highest BCUT2D eigenvalue weighted by molar-refractivity contribution is 14.0. The number of aliphatic imine (C=N–C) groups is 1. The lowest BCUT2D eigenvalue weighted by atomic mass is 10.1. The third-order valence-electron chi connectivity index (χ3n) is 5.39. The van der Waals surface area contributed by atoms with Crippen molar-refractivity contribution >= 4 is 35.6 Å². The Bertz CT molecular complexity index is 856. The zero-order chi connectivity index (χ0) is 21.3. The maximum atomic E-state index is 5.44. The van der Waals surface area contributed by atoms with Gasteiger partial charge in [0.1, 0.15) is 5.75 Å². The van der Waals surface area contributed by atoms with Crippen LogP contribution in [-0.2, 0) is 0 Å². The lowest BCUT2D eigenvalue weighted by Crippen LogP contribution is -2.39. The average molecular weight is 540 g/mol. The lowest BCUT2D eigenvalue weighted by molar-refractivity contribution is 0.245. The number of nitrogens with zero attached hydrogens (tertiary/aromatic N) is 2. The summed E-state index contributed by atoms with van der Waals surface area (Å²) >= 11 is 0. The van der Waals surface area contributed by atoms with Gasteiger partial charge in [-0.3, -0.25) is 9.89 Å². The molecule has 7 nitrogen and oxygen atoms in total. The van der Waals surface area contributed by atoms with E-state index < -0.39 is 0 Å². The Kier molecular flexibility index (Phi) is 10.2. The molecule has 1 saturated heterocycles. The van der Waals surface area contributed by atoms with Crippen LogP contribution in [0, 0.1) is 0 Å². The third-order valence-corrected chi connectivity index (χ3v) is 5.39. The molecule has 2 aromatic carbocycles. The molecule has 8 heteroatoms. The molecule has 1 unspecified atom stereocenters. The molecule has 1 fully saturated rings. The Morgan fingerprint density at radius 2 is 1.74 bits per heavy atom. The minimum Gasteiger partial charge on any atom is -0.497 e. The van der Waals surface area contributed by atoms with E-state index in [-0.39, 0.29) is 30.0 Å². The Morgan fingerprint density at radius 1 is 1.00 bits per heavy atom. The molecule has 0 radical (unpaired) electrons. The van der Waals surface area contributed by atoms with Gasteiger partial charge in [0.05, 0.1) is 27.4 Å². The monoisotopic (exact) mass is 540 g/mol. The topological polar surface area (TPSA) is 67.4 Å². The Balaban J connectivity index is 0.00000341. The van der Waals surface area contributed by atoms with Crippen molar-refractivity contribution in [2.45, 2.75) is 18.9 Å². The summed E-state index contributed by atoms with van der Waals surface area (Å²) in [7, 11) is 6.73. The zero-order valence-corrected chi connectivity index (χ0v) is 21.0. The highest BCUT2D eigenvalue weighted by Gasteiger charge is 2.24. The summed E-state index contributed by atoms with van der Waals surface area (Å²) in [6.07, 6.45) is 2.47. The van der Waals surface area contributed by atoms with Crippen molar-refractivity contribution in [2.75, 3.05) is 53.3 Å². The van der Waals surface area contributed by atoms with E-state index in [2.05, 4.69) is 32.7 Å². The predicted octanol–water partition coefficient (Wildman–Crippen LogP) is 4.15. The second-order valence-electron chi connectivity index (χ2n) is 7.18. The number of benzene rings is 2. The number of rotatable bonds is 8. The first kappa shape index (κ1) is 25.1. The van der Waals surface area contributed by atoms with Crippen molar-refractivity contribution in [1.29, 1.82) is 0 Å². The van der Waals surface area contributed by atoms with Crippen LogP contribution in [0.25, 0.3) is 0 Å². The summed E-state index contributed by atoms with van der Waals surface area (Å²) in [4.78, 5) is 6.91. The number of ether oxygens (including phenoxy) is 3. The van der Waals surface area contributed by atoms with E-state index in [1.54, 1.807) is 28.4 Å². The van der Waals surface area contributed by atoms with Gasteiger partial charge in [-0.2, -0.15) is 0 Å². The van der Waals surface area contributed by atoms with Gasteiger partial charge >= 0.3 is 0 Å². The lowest BCUT2D eigenvalue weighted by Gasteiger charge is -2.29. The van der Waals surface area contributed by atoms with Crippen LogP contribution in [0.4, 0.5) is 5.69 Å². The van der Waals surface area contributed by atoms with Crippen molar-refractivity contribution in [2.24, 2.45) is 4.99 Å². The number of nitrogens with one attached hydrogen (secondary N) is 2. The van der Waals surface area contributed by atoms with E-state index in [1.165, 1.54) is 18.4 Å². The van der Waals surface area contributed by atoms with Gasteiger partial charge in [0.25, 0.3) is 0 Å². The first-order valence-corrected chi connectivity index (χ1v) is 10.3. The fraction of sp³-hybridized carbons (Fsp3) is 0.435. The van der Waals surface area contributed by atoms with Gasteiger partial charge in [-0.05, 0) is 55.8 Å². The van der Waals surface area contributed by atoms with E-state index in [0.29, 0.717) is 17.5 Å². The average Bonchev–Trinajstić information content (AvgIpc) is 3.33. The van der Waals surface area contributed by atoms with Crippen molar-refractivity contribution < 1.29 is 14.2 Å². The molecule has 0 aliphatic carbocycles. The van der Waals surface area contributed by atoms with Gasteiger partial charge in [-0.25, -0.2) is 0 Å². The highest BCUT2D eigenvalue weighted by atomic mass is 127. The van der Waals surface area contributed by atoms with Gasteiger partial charge < -0.3 is 24.8 Å². The predicted molar refractivity (Wildman–Crippen MR) is 136 cm³/mol. The fourth-order valence-electron chi connectivity index (χ4n) is 3.78. The van der Waals surface area contributed by atoms with Crippen molar-refractivity contribution in [3.63, 3.8) is 0 Å². The van der Waals surface area contributed by atoms with E-state index in [0.717, 1.165) is 31.1 Å². The summed E-state index contributed by atoms with van der Waals surface area (Å²) in [5, 5.41) is 6.82. The van der Waals surface area contributed by atoms with Gasteiger partial charge in [-0.1, -0.05) is 12.1 Å². The molecule has 2 N–H and O–H groups in total. The Morgan fingerprint density at radius 3 is 2.39 bits per heavy atom. The molecule has 1 atom stereocenters. The minimum atomic E-state index is 0. The number of likely N-dealkylation sites (tertiary alicyclic amines) is 1. The molecule has 0 spiro atoms. The normalized spacial score (nSPS) is 15.0. The van der Waals surface area contributed by atoms with Crippen LogP contribution < -0.4 is 24.8 Å². The Labute approximate surface area is 202 Å². The first-order valence-electron chi connectivity index (χ1n) is 10.3. The molecule has 31 heavy (non-hydrogen) atoms. The molecule has 3 rings (SSSR count). The molecular formula is C23H33IN4O3. The Hall–Kier alpha value is -2.20. The summed E-state index contributed by atoms with van der Waals surface area (Å²) in [5.74, 6) is 2.95. The summed E-state index contributed by atoms with van der Waals surface area (Å²) < 4.78 is 16.1. The molecule has 1 aliphatic rings. The standard InChI is InChI=1S/C23H32N4O3.HI/c1-24-23(26-18-10-11-21(29-3)22(15-18)30-4)25-16-20(27-12-5-6-13-27)17-8-7-9-19(14-17)28-2;/h7-11,14-15,20H,5-6,12-13,16H2,1-4H3,(H2,24,25,26);1H. The molecule has 170 valence electrons. The molecule has 1 aliphatic heterocycles. The molecular weight excluding hydrogens is 507 g/mol. The van der Waals surface area contributed by atoms with Crippen molar-refractivity contribution in [3.8, 4) is 17.2 Å². The van der Waals surface area contributed by atoms with Crippen molar-refractivity contribution in [1.82, 2.24) is 10.2 Å². The quantitative estimate of drug-likeness (QED) is 0.298. The molecule has 2 aromatic rings. The number of hydrogen-bond acceptors (Lipinski definition) is 5. The van der Waals surface area contributed by atoms with Crippen LogP contribution in [0.1, 0.15) is 24.4 Å². The van der Waals surface area contributed by atoms with Gasteiger partial charge in [0.15, 0.2) is 17.5 Å². The van der Waals surface area contributed by atoms with Crippen LogP contribution in [0.5, 0.6) is 17.2 Å². The molecule has 1 heterocycles. The first-order chi connectivity index (χ1) is 14.7. The van der Waals surface area contributed by atoms with E-state index in [1.807, 2.05) is 30.3 Å². The van der Waals surface area contributed by atoms with E-state index in [9.17, 15) is 0 Å². The number of methoxy groups -OCH3 is 3. The maximum Gasteiger partial charge on any atom is 0.195 e. The smallest absolute Gasteiger partial charge is 0.195 e. The van der Waals surface area contributed by atoms with Crippen LogP contribution in [0.3, 0.4) is 0 Å². The van der Waals surface area contributed by atoms with Crippen LogP contribution >= 0.6 is 24.0 Å². The van der Waals surface area contributed by atoms with E-state index >= 15 is 0 Å². The zero-order valence-electron chi connectivity index (χ0n) is 18.7. The van der Waals surface area contributed by atoms with Gasteiger partial charge in [0.2, 0.25) is 0 Å².